The van der Waals surface area contributed by atoms with Crippen LogP contribution in [-0.4, -0.2) is 33.2 Å². The Morgan fingerprint density at radius 2 is 2.23 bits per heavy atom. The lowest BCUT2D eigenvalue weighted by Gasteiger charge is -2.11. The third-order valence-corrected chi connectivity index (χ3v) is 4.20. The summed E-state index contributed by atoms with van der Waals surface area (Å²) in [5.41, 5.74) is 1.98. The molecule has 1 amide bonds. The van der Waals surface area contributed by atoms with E-state index in [1.807, 2.05) is 35.8 Å². The lowest BCUT2D eigenvalue weighted by Crippen LogP contribution is -2.30. The van der Waals surface area contributed by atoms with Crippen molar-refractivity contribution in [2.75, 3.05) is 6.54 Å². The number of aliphatic hydroxyl groups is 1. The van der Waals surface area contributed by atoms with E-state index in [9.17, 15) is 9.90 Å². The van der Waals surface area contributed by atoms with Crippen LogP contribution in [0.25, 0.3) is 11.0 Å². The topological polar surface area (TPSA) is 67.2 Å². The van der Waals surface area contributed by atoms with Gasteiger partial charge in [-0.15, -0.1) is 0 Å². The molecule has 5 heteroatoms. The van der Waals surface area contributed by atoms with Crippen molar-refractivity contribution >= 4 is 16.9 Å². The molecule has 5 nitrogen and oxygen atoms in total. The molecule has 22 heavy (non-hydrogen) atoms. The molecule has 2 N–H and O–H groups in total. The molecule has 2 aromatic rings. The van der Waals surface area contributed by atoms with Crippen LogP contribution in [0.5, 0.6) is 0 Å². The Kier molecular flexibility index (Phi) is 4.43. The van der Waals surface area contributed by atoms with Crippen LogP contribution in [0.15, 0.2) is 24.3 Å². The van der Waals surface area contributed by atoms with E-state index in [2.05, 4.69) is 5.32 Å². The van der Waals surface area contributed by atoms with Gasteiger partial charge in [0.05, 0.1) is 17.1 Å². The van der Waals surface area contributed by atoms with Crippen molar-refractivity contribution in [1.82, 2.24) is 14.9 Å². The maximum atomic E-state index is 12.2. The van der Waals surface area contributed by atoms with Gasteiger partial charge in [-0.2, -0.15) is 0 Å². The number of hydrogen-bond donors (Lipinski definition) is 2. The largest absolute Gasteiger partial charge is 0.393 e. The number of amides is 1. The van der Waals surface area contributed by atoms with Crippen molar-refractivity contribution < 1.29 is 9.90 Å². The van der Waals surface area contributed by atoms with Crippen LogP contribution in [-0.2, 0) is 11.3 Å². The van der Waals surface area contributed by atoms with Gasteiger partial charge in [-0.25, -0.2) is 4.98 Å². The number of aromatic nitrogens is 2. The Balaban J connectivity index is 1.70. The monoisotopic (exact) mass is 301 g/mol. The highest BCUT2D eigenvalue weighted by Crippen LogP contribution is 2.40. The minimum atomic E-state index is -0.337. The summed E-state index contributed by atoms with van der Waals surface area (Å²) in [6.07, 6.45) is 3.30. The second-order valence-corrected chi connectivity index (χ2v) is 6.02. The lowest BCUT2D eigenvalue weighted by molar-refractivity contribution is -0.121. The smallest absolute Gasteiger partial charge is 0.240 e. The molecule has 0 radical (unpaired) electrons. The van der Waals surface area contributed by atoms with E-state index in [0.717, 1.165) is 29.7 Å². The van der Waals surface area contributed by atoms with Gasteiger partial charge < -0.3 is 15.0 Å². The fraction of sp³-hybridized carbons (Fsp3) is 0.529. The molecule has 1 aliphatic carbocycles. The highest BCUT2D eigenvalue weighted by Gasteiger charge is 2.30. The normalized spacial score (nSPS) is 15.9. The maximum absolute atomic E-state index is 12.2. The number of carbonyl (C=O) groups excluding carboxylic acids is 1. The van der Waals surface area contributed by atoms with E-state index >= 15 is 0 Å². The zero-order chi connectivity index (χ0) is 15.5. The van der Waals surface area contributed by atoms with Gasteiger partial charge in [0.1, 0.15) is 12.4 Å². The van der Waals surface area contributed by atoms with Crippen LogP contribution in [0.4, 0.5) is 0 Å². The second kappa shape index (κ2) is 6.48. The van der Waals surface area contributed by atoms with Crippen LogP contribution >= 0.6 is 0 Å². The van der Waals surface area contributed by atoms with E-state index in [0.29, 0.717) is 31.8 Å². The molecular weight excluding hydrogens is 278 g/mol. The number of carbonyl (C=O) groups is 1. The first kappa shape index (κ1) is 15.0. The molecule has 1 fully saturated rings. The van der Waals surface area contributed by atoms with Crippen molar-refractivity contribution in [3.63, 3.8) is 0 Å². The average Bonchev–Trinajstić information content (AvgIpc) is 3.31. The van der Waals surface area contributed by atoms with Gasteiger partial charge in [-0.1, -0.05) is 19.1 Å². The molecule has 0 saturated heterocycles. The zero-order valence-corrected chi connectivity index (χ0v) is 13.0. The Labute approximate surface area is 130 Å². The molecule has 1 heterocycles. The first-order valence-electron chi connectivity index (χ1n) is 8.09. The number of fused-ring (bicyclic) bond motifs is 1. The molecule has 1 atom stereocenters. The summed E-state index contributed by atoms with van der Waals surface area (Å²) in [6, 6.07) is 7.96. The van der Waals surface area contributed by atoms with Crippen molar-refractivity contribution in [1.29, 1.82) is 0 Å². The van der Waals surface area contributed by atoms with Gasteiger partial charge in [-0.05, 0) is 37.8 Å². The Hall–Kier alpha value is -1.88. The second-order valence-electron chi connectivity index (χ2n) is 6.02. The minimum Gasteiger partial charge on any atom is -0.393 e. The minimum absolute atomic E-state index is 0.0200. The highest BCUT2D eigenvalue weighted by atomic mass is 16.3. The summed E-state index contributed by atoms with van der Waals surface area (Å²) < 4.78 is 2.04. The summed E-state index contributed by atoms with van der Waals surface area (Å²) in [5, 5.41) is 12.4. The third kappa shape index (κ3) is 3.30. The molecule has 1 unspecified atom stereocenters. The zero-order valence-electron chi connectivity index (χ0n) is 13.0. The summed E-state index contributed by atoms with van der Waals surface area (Å²) in [4.78, 5) is 16.9. The molecule has 0 aliphatic heterocycles. The number of imidazole rings is 1. The number of rotatable bonds is 7. The van der Waals surface area contributed by atoms with Crippen LogP contribution < -0.4 is 5.32 Å². The molecule has 1 aliphatic rings. The number of aliphatic hydroxyl groups excluding tert-OH is 1. The van der Waals surface area contributed by atoms with Gasteiger partial charge >= 0.3 is 0 Å². The Bertz CT molecular complexity index is 661. The van der Waals surface area contributed by atoms with Gasteiger partial charge in [0.15, 0.2) is 0 Å². The SMILES string of the molecule is CCC(O)CCNC(=O)Cn1c(C2CC2)nc2ccccc21. The van der Waals surface area contributed by atoms with Crippen molar-refractivity contribution in [2.24, 2.45) is 0 Å². The van der Waals surface area contributed by atoms with E-state index in [1.165, 1.54) is 0 Å². The number of hydrogen-bond acceptors (Lipinski definition) is 3. The molecular formula is C17H23N3O2. The van der Waals surface area contributed by atoms with E-state index < -0.39 is 0 Å². The molecule has 0 bridgehead atoms. The van der Waals surface area contributed by atoms with E-state index in [4.69, 9.17) is 4.98 Å². The van der Waals surface area contributed by atoms with Crippen molar-refractivity contribution in [2.45, 2.75) is 51.2 Å². The predicted molar refractivity (Wildman–Crippen MR) is 85.6 cm³/mol. The van der Waals surface area contributed by atoms with Crippen LogP contribution in [0.3, 0.4) is 0 Å². The number of para-hydroxylation sites is 2. The van der Waals surface area contributed by atoms with Gasteiger partial charge in [0.2, 0.25) is 5.91 Å². The highest BCUT2D eigenvalue weighted by molar-refractivity contribution is 5.81. The number of benzene rings is 1. The van der Waals surface area contributed by atoms with Crippen LogP contribution in [0.1, 0.15) is 44.3 Å². The maximum Gasteiger partial charge on any atom is 0.240 e. The molecule has 1 saturated carbocycles. The van der Waals surface area contributed by atoms with Crippen molar-refractivity contribution in [3.8, 4) is 0 Å². The summed E-state index contributed by atoms with van der Waals surface area (Å²) >= 11 is 0. The predicted octanol–water partition coefficient (Wildman–Crippen LogP) is 2.19. The molecule has 0 spiro atoms. The average molecular weight is 301 g/mol. The van der Waals surface area contributed by atoms with Gasteiger partial charge in [-0.3, -0.25) is 4.79 Å². The van der Waals surface area contributed by atoms with Gasteiger partial charge in [0.25, 0.3) is 0 Å². The van der Waals surface area contributed by atoms with Crippen LogP contribution in [0, 0.1) is 0 Å². The molecule has 1 aromatic carbocycles. The summed E-state index contributed by atoms with van der Waals surface area (Å²) in [7, 11) is 0. The first-order chi connectivity index (χ1) is 10.7. The van der Waals surface area contributed by atoms with Gasteiger partial charge in [0, 0.05) is 12.5 Å². The lowest BCUT2D eigenvalue weighted by atomic mass is 10.2. The Morgan fingerprint density at radius 1 is 1.45 bits per heavy atom. The van der Waals surface area contributed by atoms with E-state index in [-0.39, 0.29) is 12.0 Å². The standard InChI is InChI=1S/C17H23N3O2/c1-2-13(21)9-10-18-16(22)11-20-15-6-4-3-5-14(15)19-17(20)12-7-8-12/h3-6,12-13,21H,2,7-11H2,1H3,(H,18,22). The fourth-order valence-electron chi connectivity index (χ4n) is 2.70. The Morgan fingerprint density at radius 3 is 2.95 bits per heavy atom. The van der Waals surface area contributed by atoms with E-state index in [1.54, 1.807) is 0 Å². The molecule has 118 valence electrons. The number of nitrogens with one attached hydrogen (secondary N) is 1. The molecule has 3 rings (SSSR count). The first-order valence-corrected chi connectivity index (χ1v) is 8.09. The summed E-state index contributed by atoms with van der Waals surface area (Å²) in [5.74, 6) is 1.51. The third-order valence-electron chi connectivity index (χ3n) is 4.20. The van der Waals surface area contributed by atoms with Crippen molar-refractivity contribution in [3.05, 3.63) is 30.1 Å². The number of nitrogens with zero attached hydrogens (tertiary/aromatic N) is 2. The van der Waals surface area contributed by atoms with Crippen LogP contribution in [0.2, 0.25) is 0 Å². The molecule has 1 aromatic heterocycles. The fourth-order valence-corrected chi connectivity index (χ4v) is 2.70. The quantitative estimate of drug-likeness (QED) is 0.824. The summed E-state index contributed by atoms with van der Waals surface area (Å²) in [6.45, 7) is 2.75.